The SMILES string of the molecule is CC(C)c1cc(N2CCOCC2)nc(-c2ccccn2)n1. The van der Waals surface area contributed by atoms with E-state index in [2.05, 4.69) is 34.8 Å². The van der Waals surface area contributed by atoms with Crippen molar-refractivity contribution in [3.05, 3.63) is 36.2 Å². The van der Waals surface area contributed by atoms with Gasteiger partial charge in [0.25, 0.3) is 0 Å². The first-order valence-corrected chi connectivity index (χ1v) is 7.37. The molecule has 2 aromatic rings. The summed E-state index contributed by atoms with van der Waals surface area (Å²) in [4.78, 5) is 16.0. The van der Waals surface area contributed by atoms with E-state index in [4.69, 9.17) is 9.72 Å². The van der Waals surface area contributed by atoms with Crippen LogP contribution in [0.3, 0.4) is 0 Å². The van der Waals surface area contributed by atoms with Crippen LogP contribution in [0, 0.1) is 0 Å². The first-order chi connectivity index (χ1) is 10.2. The Balaban J connectivity index is 2.01. The summed E-state index contributed by atoms with van der Waals surface area (Å²) in [6.45, 7) is 7.54. The monoisotopic (exact) mass is 284 g/mol. The van der Waals surface area contributed by atoms with Crippen molar-refractivity contribution in [1.82, 2.24) is 15.0 Å². The van der Waals surface area contributed by atoms with E-state index in [1.807, 2.05) is 18.2 Å². The number of morpholine rings is 1. The number of hydrogen-bond acceptors (Lipinski definition) is 5. The third-order valence-corrected chi connectivity index (χ3v) is 3.55. The van der Waals surface area contributed by atoms with Crippen molar-refractivity contribution in [2.45, 2.75) is 19.8 Å². The van der Waals surface area contributed by atoms with Gasteiger partial charge in [-0.2, -0.15) is 0 Å². The van der Waals surface area contributed by atoms with Gasteiger partial charge in [-0.25, -0.2) is 9.97 Å². The molecule has 1 aliphatic rings. The van der Waals surface area contributed by atoms with Crippen LogP contribution in [-0.4, -0.2) is 41.3 Å². The molecule has 0 N–H and O–H groups in total. The van der Waals surface area contributed by atoms with E-state index in [9.17, 15) is 0 Å². The summed E-state index contributed by atoms with van der Waals surface area (Å²) >= 11 is 0. The highest BCUT2D eigenvalue weighted by Crippen LogP contribution is 2.23. The predicted octanol–water partition coefficient (Wildman–Crippen LogP) is 2.50. The van der Waals surface area contributed by atoms with Crippen molar-refractivity contribution in [2.24, 2.45) is 0 Å². The van der Waals surface area contributed by atoms with E-state index in [1.165, 1.54) is 0 Å². The Morgan fingerprint density at radius 2 is 1.95 bits per heavy atom. The van der Waals surface area contributed by atoms with E-state index in [0.29, 0.717) is 11.7 Å². The fourth-order valence-electron chi connectivity index (χ4n) is 2.31. The van der Waals surface area contributed by atoms with E-state index >= 15 is 0 Å². The minimum absolute atomic E-state index is 0.357. The maximum Gasteiger partial charge on any atom is 0.180 e. The first kappa shape index (κ1) is 13.9. The number of aromatic nitrogens is 3. The molecule has 1 aliphatic heterocycles. The lowest BCUT2D eigenvalue weighted by Crippen LogP contribution is -2.37. The van der Waals surface area contributed by atoms with Crippen molar-refractivity contribution in [1.29, 1.82) is 0 Å². The van der Waals surface area contributed by atoms with Crippen LogP contribution < -0.4 is 4.90 Å². The molecule has 0 atom stereocenters. The number of pyridine rings is 1. The van der Waals surface area contributed by atoms with Gasteiger partial charge in [-0.1, -0.05) is 19.9 Å². The van der Waals surface area contributed by atoms with Crippen LogP contribution >= 0.6 is 0 Å². The van der Waals surface area contributed by atoms with Crippen molar-refractivity contribution in [3.8, 4) is 11.5 Å². The van der Waals surface area contributed by atoms with Crippen molar-refractivity contribution < 1.29 is 4.74 Å². The fraction of sp³-hybridized carbons (Fsp3) is 0.438. The van der Waals surface area contributed by atoms with E-state index in [-0.39, 0.29) is 0 Å². The Kier molecular flexibility index (Phi) is 4.10. The maximum atomic E-state index is 5.42. The molecule has 1 fully saturated rings. The largest absolute Gasteiger partial charge is 0.378 e. The number of rotatable bonds is 3. The molecule has 0 aromatic carbocycles. The van der Waals surface area contributed by atoms with Gasteiger partial charge in [0.05, 0.1) is 13.2 Å². The number of hydrogen-bond donors (Lipinski definition) is 0. The van der Waals surface area contributed by atoms with Gasteiger partial charge in [0.2, 0.25) is 0 Å². The zero-order chi connectivity index (χ0) is 14.7. The van der Waals surface area contributed by atoms with E-state index in [0.717, 1.165) is 43.5 Å². The Morgan fingerprint density at radius 3 is 2.62 bits per heavy atom. The minimum Gasteiger partial charge on any atom is -0.378 e. The van der Waals surface area contributed by atoms with E-state index < -0.39 is 0 Å². The fourth-order valence-corrected chi connectivity index (χ4v) is 2.31. The quantitative estimate of drug-likeness (QED) is 0.866. The van der Waals surface area contributed by atoms with Gasteiger partial charge in [-0.3, -0.25) is 4.98 Å². The van der Waals surface area contributed by atoms with E-state index in [1.54, 1.807) is 6.20 Å². The Morgan fingerprint density at radius 1 is 1.14 bits per heavy atom. The van der Waals surface area contributed by atoms with Crippen LogP contribution in [0.1, 0.15) is 25.5 Å². The second-order valence-electron chi connectivity index (χ2n) is 5.44. The summed E-state index contributed by atoms with van der Waals surface area (Å²) in [6.07, 6.45) is 1.77. The molecule has 3 heterocycles. The highest BCUT2D eigenvalue weighted by molar-refractivity contribution is 5.54. The second-order valence-corrected chi connectivity index (χ2v) is 5.44. The number of nitrogens with zero attached hydrogens (tertiary/aromatic N) is 4. The van der Waals surface area contributed by atoms with Crippen LogP contribution in [0.2, 0.25) is 0 Å². The van der Waals surface area contributed by atoms with Crippen LogP contribution in [-0.2, 0) is 4.74 Å². The summed E-state index contributed by atoms with van der Waals surface area (Å²) in [5.41, 5.74) is 1.86. The molecule has 0 radical (unpaired) electrons. The van der Waals surface area contributed by atoms with Gasteiger partial charge in [-0.15, -0.1) is 0 Å². The minimum atomic E-state index is 0.357. The lowest BCUT2D eigenvalue weighted by atomic mass is 10.1. The molecule has 0 bridgehead atoms. The molecular formula is C16H20N4O. The highest BCUT2D eigenvalue weighted by Gasteiger charge is 2.16. The molecule has 21 heavy (non-hydrogen) atoms. The molecular weight excluding hydrogens is 264 g/mol. The van der Waals surface area contributed by atoms with Gasteiger partial charge in [0.1, 0.15) is 11.5 Å². The second kappa shape index (κ2) is 6.18. The average Bonchev–Trinajstić information content (AvgIpc) is 2.56. The van der Waals surface area contributed by atoms with Crippen LogP contribution in [0.4, 0.5) is 5.82 Å². The molecule has 0 amide bonds. The topological polar surface area (TPSA) is 51.1 Å². The van der Waals surface area contributed by atoms with Gasteiger partial charge in [0, 0.05) is 31.0 Å². The third-order valence-electron chi connectivity index (χ3n) is 3.55. The standard InChI is InChI=1S/C16H20N4O/c1-12(2)14-11-15(20-7-9-21-10-8-20)19-16(18-14)13-5-3-4-6-17-13/h3-6,11-12H,7-10H2,1-2H3. The number of ether oxygens (including phenoxy) is 1. The van der Waals surface area contributed by atoms with Crippen LogP contribution in [0.25, 0.3) is 11.5 Å². The molecule has 1 saturated heterocycles. The first-order valence-electron chi connectivity index (χ1n) is 7.37. The van der Waals surface area contributed by atoms with Crippen LogP contribution in [0.15, 0.2) is 30.5 Å². The third kappa shape index (κ3) is 3.19. The molecule has 3 rings (SSSR count). The van der Waals surface area contributed by atoms with Crippen molar-refractivity contribution in [3.63, 3.8) is 0 Å². The molecule has 2 aromatic heterocycles. The predicted molar refractivity (Wildman–Crippen MR) is 82.4 cm³/mol. The van der Waals surface area contributed by atoms with Gasteiger partial charge >= 0.3 is 0 Å². The summed E-state index contributed by atoms with van der Waals surface area (Å²) < 4.78 is 5.42. The molecule has 110 valence electrons. The summed E-state index contributed by atoms with van der Waals surface area (Å²) in [5.74, 6) is 2.02. The van der Waals surface area contributed by atoms with Crippen LogP contribution in [0.5, 0.6) is 0 Å². The average molecular weight is 284 g/mol. The summed E-state index contributed by atoms with van der Waals surface area (Å²) in [6, 6.07) is 7.89. The Labute approximate surface area is 125 Å². The normalized spacial score (nSPS) is 15.5. The molecule has 0 aliphatic carbocycles. The zero-order valence-corrected chi connectivity index (χ0v) is 12.5. The van der Waals surface area contributed by atoms with Gasteiger partial charge < -0.3 is 9.64 Å². The molecule has 5 heteroatoms. The lowest BCUT2D eigenvalue weighted by molar-refractivity contribution is 0.122. The molecule has 0 spiro atoms. The summed E-state index contributed by atoms with van der Waals surface area (Å²) in [5, 5.41) is 0. The van der Waals surface area contributed by atoms with Crippen molar-refractivity contribution in [2.75, 3.05) is 31.2 Å². The van der Waals surface area contributed by atoms with Crippen molar-refractivity contribution >= 4 is 5.82 Å². The van der Waals surface area contributed by atoms with Gasteiger partial charge in [0.15, 0.2) is 5.82 Å². The summed E-state index contributed by atoms with van der Waals surface area (Å²) in [7, 11) is 0. The van der Waals surface area contributed by atoms with Gasteiger partial charge in [-0.05, 0) is 18.1 Å². The zero-order valence-electron chi connectivity index (χ0n) is 12.5. The molecule has 0 unspecified atom stereocenters. The Bertz CT molecular complexity index is 594. The molecule has 5 nitrogen and oxygen atoms in total. The maximum absolute atomic E-state index is 5.42. The Hall–Kier alpha value is -2.01. The number of anilines is 1. The lowest BCUT2D eigenvalue weighted by Gasteiger charge is -2.28. The molecule has 0 saturated carbocycles. The highest BCUT2D eigenvalue weighted by atomic mass is 16.5. The smallest absolute Gasteiger partial charge is 0.180 e.